The van der Waals surface area contributed by atoms with E-state index < -0.39 is 11.5 Å². The maximum absolute atomic E-state index is 12.2. The van der Waals surface area contributed by atoms with Crippen molar-refractivity contribution in [3.63, 3.8) is 0 Å². The molecule has 0 radical (unpaired) electrons. The first-order chi connectivity index (χ1) is 6.00. The minimum atomic E-state index is -5.03. The first-order valence-electron chi connectivity index (χ1n) is 3.34. The molecule has 1 rings (SSSR count). The average molecular weight is 194 g/mol. The molecule has 6 heteroatoms. The molecule has 0 saturated carbocycles. The molecule has 0 aliphatic rings. The van der Waals surface area contributed by atoms with Crippen molar-refractivity contribution in [3.8, 4) is 0 Å². The number of nitrogens with one attached hydrogen (secondary N) is 1. The molecule has 13 heavy (non-hydrogen) atoms. The van der Waals surface area contributed by atoms with Crippen LogP contribution in [-0.2, 0) is 0 Å². The number of benzene rings is 1. The van der Waals surface area contributed by atoms with Crippen LogP contribution in [0.5, 0.6) is 0 Å². The Hall–Kier alpha value is -1.30. The Kier molecular flexibility index (Phi) is 2.72. The van der Waals surface area contributed by atoms with E-state index in [4.69, 9.17) is 0 Å². The van der Waals surface area contributed by atoms with Gasteiger partial charge in [-0.15, -0.1) is 4.48 Å². The van der Waals surface area contributed by atoms with Gasteiger partial charge < -0.3 is 0 Å². The van der Waals surface area contributed by atoms with Crippen LogP contribution in [0.15, 0.2) is 30.3 Å². The van der Waals surface area contributed by atoms with Gasteiger partial charge in [0.05, 0.1) is 5.69 Å². The van der Waals surface area contributed by atoms with Crippen LogP contribution in [0.4, 0.5) is 23.3 Å². The van der Waals surface area contributed by atoms with Crippen molar-refractivity contribution in [1.82, 2.24) is 5.23 Å². The third kappa shape index (κ3) is 2.90. The molecular weight excluding hydrogens is 188 g/mol. The second-order valence-electron chi connectivity index (χ2n) is 2.23. The van der Waals surface area contributed by atoms with Crippen LogP contribution in [-0.4, -0.2) is 11.5 Å². The number of hydrazine groups is 1. The van der Waals surface area contributed by atoms with Crippen molar-refractivity contribution in [2.45, 2.75) is 6.30 Å². The predicted octanol–water partition coefficient (Wildman–Crippen LogP) is 2.72. The Morgan fingerprint density at radius 1 is 1.08 bits per heavy atom. The van der Waals surface area contributed by atoms with Crippen molar-refractivity contribution >= 4 is 5.69 Å². The lowest BCUT2D eigenvalue weighted by Gasteiger charge is -2.16. The second kappa shape index (κ2) is 3.61. The molecule has 0 aliphatic heterocycles. The number of rotatable bonds is 2. The molecule has 0 fully saturated rings. The van der Waals surface area contributed by atoms with Crippen LogP contribution in [0.3, 0.4) is 0 Å². The molecule has 0 bridgehead atoms. The Bertz CT molecular complexity index is 259. The Morgan fingerprint density at radius 3 is 2.08 bits per heavy atom. The molecule has 1 aromatic carbocycles. The number of hydrogen-bond acceptors (Lipinski definition) is 2. The van der Waals surface area contributed by atoms with Gasteiger partial charge in [-0.1, -0.05) is 18.2 Å². The largest absolute Gasteiger partial charge is 0.506 e. The Morgan fingerprint density at radius 2 is 1.62 bits per heavy atom. The smallest absolute Gasteiger partial charge is 0.284 e. The summed E-state index contributed by atoms with van der Waals surface area (Å²) < 4.78 is 47.1. The van der Waals surface area contributed by atoms with Crippen LogP contribution in [0.1, 0.15) is 0 Å². The number of para-hydroxylation sites is 1. The van der Waals surface area contributed by atoms with E-state index in [1.165, 1.54) is 29.7 Å². The summed E-state index contributed by atoms with van der Waals surface area (Å²) in [6.45, 7) is 0. The van der Waals surface area contributed by atoms with Gasteiger partial charge in [-0.05, 0) is 12.1 Å². The molecule has 1 N–H and O–H groups in total. The van der Waals surface area contributed by atoms with E-state index in [-0.39, 0.29) is 5.69 Å². The van der Waals surface area contributed by atoms with Crippen molar-refractivity contribution in [3.05, 3.63) is 30.3 Å². The maximum atomic E-state index is 12.2. The number of halogens is 4. The molecular formula is C7H6F4N2. The molecule has 0 atom stereocenters. The lowest BCUT2D eigenvalue weighted by atomic mass is 10.3. The zero-order valence-corrected chi connectivity index (χ0v) is 6.35. The van der Waals surface area contributed by atoms with Crippen molar-refractivity contribution in [1.29, 1.82) is 0 Å². The third-order valence-corrected chi connectivity index (χ3v) is 1.22. The summed E-state index contributed by atoms with van der Waals surface area (Å²) in [5.41, 5.74) is 1.55. The SMILES string of the molecule is FN(Nc1ccccc1)C(F)(F)F. The lowest BCUT2D eigenvalue weighted by Crippen LogP contribution is -2.35. The predicted molar refractivity (Wildman–Crippen MR) is 39.1 cm³/mol. The summed E-state index contributed by atoms with van der Waals surface area (Å²) in [5.74, 6) is 0. The highest BCUT2D eigenvalue weighted by atomic mass is 19.4. The van der Waals surface area contributed by atoms with Gasteiger partial charge in [-0.3, -0.25) is 5.43 Å². The molecule has 72 valence electrons. The normalized spacial score (nSPS) is 11.8. The van der Waals surface area contributed by atoms with E-state index in [1.807, 2.05) is 0 Å². The summed E-state index contributed by atoms with van der Waals surface area (Å²) in [6, 6.07) is 7.23. The van der Waals surface area contributed by atoms with Gasteiger partial charge in [-0.2, -0.15) is 13.2 Å². The van der Waals surface area contributed by atoms with Crippen LogP contribution < -0.4 is 5.43 Å². The maximum Gasteiger partial charge on any atom is 0.506 e. The van der Waals surface area contributed by atoms with E-state index >= 15 is 0 Å². The molecule has 0 unspecified atom stereocenters. The van der Waals surface area contributed by atoms with Gasteiger partial charge in [0, 0.05) is 5.23 Å². The quantitative estimate of drug-likeness (QED) is 0.337. The highest BCUT2D eigenvalue weighted by molar-refractivity contribution is 5.41. The summed E-state index contributed by atoms with van der Waals surface area (Å²) in [4.78, 5) is 0. The fraction of sp³-hybridized carbons (Fsp3) is 0.143. The van der Waals surface area contributed by atoms with Crippen LogP contribution >= 0.6 is 0 Å². The molecule has 0 aliphatic carbocycles. The zero-order chi connectivity index (χ0) is 9.90. The lowest BCUT2D eigenvalue weighted by molar-refractivity contribution is -0.301. The van der Waals surface area contributed by atoms with Gasteiger partial charge in [-0.25, -0.2) is 0 Å². The number of alkyl halides is 3. The van der Waals surface area contributed by atoms with E-state index in [0.29, 0.717) is 0 Å². The fourth-order valence-electron chi connectivity index (χ4n) is 0.689. The highest BCUT2D eigenvalue weighted by Crippen LogP contribution is 2.22. The van der Waals surface area contributed by atoms with Gasteiger partial charge in [0.1, 0.15) is 0 Å². The van der Waals surface area contributed by atoms with Crippen LogP contribution in [0.2, 0.25) is 0 Å². The van der Waals surface area contributed by atoms with Crippen LogP contribution in [0, 0.1) is 0 Å². The molecule has 2 nitrogen and oxygen atoms in total. The molecule has 1 aromatic rings. The second-order valence-corrected chi connectivity index (χ2v) is 2.23. The summed E-state index contributed by atoms with van der Waals surface area (Å²) >= 11 is 0. The zero-order valence-electron chi connectivity index (χ0n) is 6.35. The average Bonchev–Trinajstić information content (AvgIpc) is 2.04. The minimum Gasteiger partial charge on any atom is -0.284 e. The monoisotopic (exact) mass is 194 g/mol. The van der Waals surface area contributed by atoms with Gasteiger partial charge in [0.2, 0.25) is 0 Å². The van der Waals surface area contributed by atoms with E-state index in [2.05, 4.69) is 0 Å². The summed E-state index contributed by atoms with van der Waals surface area (Å²) in [5, 5.41) is -1.40. The first kappa shape index (κ1) is 9.79. The topological polar surface area (TPSA) is 15.3 Å². The standard InChI is InChI=1S/C7H6F4N2/c8-7(9,10)13(11)12-6-4-2-1-3-5-6/h1-5,12H. The van der Waals surface area contributed by atoms with E-state index in [9.17, 15) is 17.7 Å². The number of hydrogen-bond donors (Lipinski definition) is 1. The van der Waals surface area contributed by atoms with Gasteiger partial charge >= 0.3 is 6.30 Å². The fourth-order valence-corrected chi connectivity index (χ4v) is 0.689. The van der Waals surface area contributed by atoms with Gasteiger partial charge in [0.25, 0.3) is 0 Å². The highest BCUT2D eigenvalue weighted by Gasteiger charge is 2.38. The number of anilines is 1. The molecule has 0 amide bonds. The van der Waals surface area contributed by atoms with Crippen molar-refractivity contribution in [2.75, 3.05) is 5.43 Å². The van der Waals surface area contributed by atoms with Crippen molar-refractivity contribution in [2.24, 2.45) is 0 Å². The van der Waals surface area contributed by atoms with E-state index in [1.54, 1.807) is 6.07 Å². The molecule has 0 aromatic heterocycles. The Balaban J connectivity index is 2.61. The minimum absolute atomic E-state index is 0.0299. The third-order valence-electron chi connectivity index (χ3n) is 1.22. The Labute approximate surface area is 71.7 Å². The van der Waals surface area contributed by atoms with Crippen LogP contribution in [0.25, 0.3) is 0 Å². The van der Waals surface area contributed by atoms with Gasteiger partial charge in [0.15, 0.2) is 0 Å². The summed E-state index contributed by atoms with van der Waals surface area (Å²) in [6.07, 6.45) is -5.03. The van der Waals surface area contributed by atoms with E-state index in [0.717, 1.165) is 0 Å². The first-order valence-corrected chi connectivity index (χ1v) is 3.34. The van der Waals surface area contributed by atoms with Crippen molar-refractivity contribution < 1.29 is 17.7 Å². The number of nitrogens with zero attached hydrogens (tertiary/aromatic N) is 1. The summed E-state index contributed by atoms with van der Waals surface area (Å²) in [7, 11) is 0. The molecule has 0 spiro atoms. The molecule has 0 heterocycles. The molecule has 0 saturated heterocycles.